The molecule has 166 valence electrons. The highest BCUT2D eigenvalue weighted by molar-refractivity contribution is 8.00. The zero-order chi connectivity index (χ0) is 23.0. The SMILES string of the molecule is Cn1nnnc1/C=C/C1=C(C(=O)O)N2C(=O)C(NC(=O)/C(=N\O)c3csc(N)n3)[C@H]2SC1. The van der Waals surface area contributed by atoms with E-state index in [1.54, 1.807) is 19.2 Å². The quantitative estimate of drug-likeness (QED) is 0.170. The summed E-state index contributed by atoms with van der Waals surface area (Å²) in [6.07, 6.45) is 3.09. The van der Waals surface area contributed by atoms with Gasteiger partial charge in [-0.3, -0.25) is 14.5 Å². The molecular weight excluding hydrogens is 462 g/mol. The molecule has 14 nitrogen and oxygen atoms in total. The number of carbonyl (C=O) groups excluding carboxylic acids is 2. The summed E-state index contributed by atoms with van der Waals surface area (Å²) in [5.74, 6) is -2.03. The molecule has 0 spiro atoms. The van der Waals surface area contributed by atoms with Gasteiger partial charge in [-0.25, -0.2) is 14.5 Å². The number of aromatic nitrogens is 5. The minimum atomic E-state index is -1.28. The Labute approximate surface area is 187 Å². The predicted octanol–water partition coefficient (Wildman–Crippen LogP) is -1.12. The maximum atomic E-state index is 12.7. The molecule has 2 amide bonds. The standard InChI is InChI=1S/C16H15N9O5S2/c1-24-8(20-22-23-24)3-2-6-4-31-14-10(13(27)25(14)11(6)15(28)29)19-12(26)9(21-30)7-5-32-16(17)18-7/h2-3,5,10,14,30H,4H2,1H3,(H2,17,18)(H,19,26)(H,28,29)/b3-2+,21-9-/t10?,14-/m1/s1. The van der Waals surface area contributed by atoms with Gasteiger partial charge in [-0.05, 0) is 22.1 Å². The van der Waals surface area contributed by atoms with E-state index in [0.717, 1.165) is 16.2 Å². The normalized spacial score (nSPS) is 21.0. The van der Waals surface area contributed by atoms with Crippen LogP contribution in [-0.2, 0) is 21.4 Å². The third-order valence-corrected chi connectivity index (χ3v) is 6.63. The first-order valence-electron chi connectivity index (χ1n) is 8.87. The molecule has 2 aliphatic heterocycles. The molecule has 2 atom stereocenters. The highest BCUT2D eigenvalue weighted by atomic mass is 32.2. The second-order valence-electron chi connectivity index (χ2n) is 6.55. The number of nitrogens with two attached hydrogens (primary N) is 1. The second-order valence-corrected chi connectivity index (χ2v) is 8.55. The highest BCUT2D eigenvalue weighted by Gasteiger charge is 2.54. The van der Waals surface area contributed by atoms with Crippen LogP contribution >= 0.6 is 23.1 Å². The summed E-state index contributed by atoms with van der Waals surface area (Å²) in [6.45, 7) is 0. The van der Waals surface area contributed by atoms with Gasteiger partial charge in [0.2, 0.25) is 0 Å². The van der Waals surface area contributed by atoms with Gasteiger partial charge >= 0.3 is 5.97 Å². The number of carboxylic acids is 1. The van der Waals surface area contributed by atoms with Crippen molar-refractivity contribution in [3.8, 4) is 0 Å². The number of nitrogen functional groups attached to an aromatic ring is 1. The lowest BCUT2D eigenvalue weighted by Gasteiger charge is -2.49. The first-order valence-corrected chi connectivity index (χ1v) is 10.8. The second kappa shape index (κ2) is 8.39. The van der Waals surface area contributed by atoms with E-state index < -0.39 is 34.9 Å². The molecule has 1 unspecified atom stereocenters. The van der Waals surface area contributed by atoms with Crippen molar-refractivity contribution in [3.05, 3.63) is 34.2 Å². The van der Waals surface area contributed by atoms with Gasteiger partial charge in [0, 0.05) is 18.2 Å². The number of fused-ring (bicyclic) bond motifs is 1. The lowest BCUT2D eigenvalue weighted by atomic mass is 10.0. The third-order valence-electron chi connectivity index (χ3n) is 4.65. The minimum absolute atomic E-state index is 0.0595. The van der Waals surface area contributed by atoms with Gasteiger partial charge in [0.25, 0.3) is 11.8 Å². The monoisotopic (exact) mass is 477 g/mol. The Kier molecular flexibility index (Phi) is 5.62. The van der Waals surface area contributed by atoms with Gasteiger partial charge in [-0.15, -0.1) is 28.2 Å². The summed E-state index contributed by atoms with van der Waals surface area (Å²) in [7, 11) is 1.63. The average Bonchev–Trinajstić information content (AvgIpc) is 3.37. The molecule has 2 aromatic heterocycles. The number of amides is 2. The molecule has 1 fully saturated rings. The van der Waals surface area contributed by atoms with E-state index in [0.29, 0.717) is 11.4 Å². The highest BCUT2D eigenvalue weighted by Crippen LogP contribution is 2.40. The zero-order valence-corrected chi connectivity index (χ0v) is 17.9. The number of carbonyl (C=O) groups is 3. The lowest BCUT2D eigenvalue weighted by Crippen LogP contribution is -2.71. The predicted molar refractivity (Wildman–Crippen MR) is 112 cm³/mol. The van der Waals surface area contributed by atoms with Crippen LogP contribution < -0.4 is 11.1 Å². The number of β-lactam (4-membered cyclic amide) rings is 1. The summed E-state index contributed by atoms with van der Waals surface area (Å²) in [6, 6.07) is -0.997. The first-order chi connectivity index (χ1) is 15.3. The lowest BCUT2D eigenvalue weighted by molar-refractivity contribution is -0.150. The minimum Gasteiger partial charge on any atom is -0.477 e. The van der Waals surface area contributed by atoms with Gasteiger partial charge in [0.1, 0.15) is 22.8 Å². The summed E-state index contributed by atoms with van der Waals surface area (Å²) in [5, 5.41) is 36.3. The Morgan fingerprint density at radius 1 is 1.41 bits per heavy atom. The van der Waals surface area contributed by atoms with E-state index in [2.05, 4.69) is 31.0 Å². The summed E-state index contributed by atoms with van der Waals surface area (Å²) in [5.41, 5.74) is 5.41. The summed E-state index contributed by atoms with van der Waals surface area (Å²) >= 11 is 2.34. The van der Waals surface area contributed by atoms with Crippen LogP contribution in [0.5, 0.6) is 0 Å². The fraction of sp³-hybridized carbons (Fsp3) is 0.250. The van der Waals surface area contributed by atoms with E-state index in [4.69, 9.17) is 5.73 Å². The molecule has 0 radical (unpaired) electrons. The molecule has 5 N–H and O–H groups in total. The molecule has 2 aromatic rings. The van der Waals surface area contributed by atoms with Crippen molar-refractivity contribution < 1.29 is 24.7 Å². The number of anilines is 1. The molecule has 0 saturated carbocycles. The van der Waals surface area contributed by atoms with E-state index in [-0.39, 0.29) is 22.3 Å². The van der Waals surface area contributed by atoms with E-state index in [1.165, 1.54) is 21.8 Å². The van der Waals surface area contributed by atoms with Crippen molar-refractivity contribution in [1.29, 1.82) is 0 Å². The van der Waals surface area contributed by atoms with Crippen molar-refractivity contribution in [2.24, 2.45) is 12.2 Å². The number of carboxylic acid groups (broad SMARTS) is 1. The van der Waals surface area contributed by atoms with E-state index in [9.17, 15) is 24.7 Å². The Morgan fingerprint density at radius 2 is 2.19 bits per heavy atom. The zero-order valence-electron chi connectivity index (χ0n) is 16.2. The van der Waals surface area contributed by atoms with Crippen LogP contribution in [0, 0.1) is 0 Å². The Hall–Kier alpha value is -3.79. The number of hydrogen-bond donors (Lipinski definition) is 4. The molecule has 32 heavy (non-hydrogen) atoms. The van der Waals surface area contributed by atoms with Gasteiger partial charge in [-0.1, -0.05) is 11.2 Å². The van der Waals surface area contributed by atoms with Crippen LogP contribution in [0.4, 0.5) is 5.13 Å². The number of aliphatic carboxylic acids is 1. The number of rotatable bonds is 6. The van der Waals surface area contributed by atoms with E-state index >= 15 is 0 Å². The number of nitrogens with one attached hydrogen (secondary N) is 1. The molecule has 1 saturated heterocycles. The molecule has 0 aromatic carbocycles. The van der Waals surface area contributed by atoms with Crippen molar-refractivity contribution in [2.75, 3.05) is 11.5 Å². The Morgan fingerprint density at radius 3 is 2.78 bits per heavy atom. The number of hydrogen-bond acceptors (Lipinski definition) is 12. The van der Waals surface area contributed by atoms with Crippen molar-refractivity contribution in [1.82, 2.24) is 35.4 Å². The number of allylic oxidation sites excluding steroid dienone is 1. The summed E-state index contributed by atoms with van der Waals surface area (Å²) < 4.78 is 1.41. The first kappa shape index (κ1) is 21.4. The number of thiazole rings is 1. The topological polar surface area (TPSA) is 202 Å². The number of oxime groups is 1. The molecule has 4 rings (SSSR count). The van der Waals surface area contributed by atoms with Gasteiger partial charge < -0.3 is 21.4 Å². The molecule has 0 bridgehead atoms. The molecule has 0 aliphatic carbocycles. The smallest absolute Gasteiger partial charge is 0.352 e. The number of thioether (sulfide) groups is 1. The van der Waals surface area contributed by atoms with Crippen LogP contribution in [-0.4, -0.2) is 81.1 Å². The Bertz CT molecular complexity index is 1200. The van der Waals surface area contributed by atoms with Gasteiger partial charge in [-0.2, -0.15) is 0 Å². The van der Waals surface area contributed by atoms with Crippen molar-refractivity contribution in [3.63, 3.8) is 0 Å². The molecule has 4 heterocycles. The fourth-order valence-corrected chi connectivity index (χ4v) is 5.01. The number of tetrazole rings is 1. The average molecular weight is 477 g/mol. The summed E-state index contributed by atoms with van der Waals surface area (Å²) in [4.78, 5) is 42.2. The van der Waals surface area contributed by atoms with Crippen LogP contribution in [0.25, 0.3) is 6.08 Å². The third kappa shape index (κ3) is 3.69. The Balaban J connectivity index is 1.53. The van der Waals surface area contributed by atoms with E-state index in [1.807, 2.05) is 0 Å². The van der Waals surface area contributed by atoms with Crippen LogP contribution in [0.2, 0.25) is 0 Å². The maximum absolute atomic E-state index is 12.7. The fourth-order valence-electron chi connectivity index (χ4n) is 3.14. The van der Waals surface area contributed by atoms with Crippen LogP contribution in [0.3, 0.4) is 0 Å². The molecular formula is C16H15N9O5S2. The number of aryl methyl sites for hydroxylation is 1. The van der Waals surface area contributed by atoms with Crippen molar-refractivity contribution in [2.45, 2.75) is 11.4 Å². The molecule has 2 aliphatic rings. The molecule has 16 heteroatoms. The van der Waals surface area contributed by atoms with Crippen LogP contribution in [0.15, 0.2) is 27.9 Å². The van der Waals surface area contributed by atoms with Gasteiger partial charge in [0.15, 0.2) is 16.7 Å². The van der Waals surface area contributed by atoms with Crippen LogP contribution in [0.1, 0.15) is 11.5 Å². The van der Waals surface area contributed by atoms with Gasteiger partial charge in [0.05, 0.1) is 0 Å². The maximum Gasteiger partial charge on any atom is 0.352 e. The number of nitrogens with zero attached hydrogens (tertiary/aromatic N) is 7. The largest absolute Gasteiger partial charge is 0.477 e. The van der Waals surface area contributed by atoms with Crippen molar-refractivity contribution >= 4 is 57.8 Å².